The van der Waals surface area contributed by atoms with Gasteiger partial charge in [0.1, 0.15) is 17.2 Å². The summed E-state index contributed by atoms with van der Waals surface area (Å²) >= 11 is 5.28. The molecular weight excluding hydrogens is 330 g/mol. The van der Waals surface area contributed by atoms with Gasteiger partial charge >= 0.3 is 0 Å². The molecule has 0 aliphatic carbocycles. The lowest BCUT2D eigenvalue weighted by Crippen LogP contribution is -2.23. The molecule has 0 saturated carbocycles. The van der Waals surface area contributed by atoms with Crippen molar-refractivity contribution in [3.63, 3.8) is 0 Å². The summed E-state index contributed by atoms with van der Waals surface area (Å²) in [5.74, 6) is 0.649. The highest BCUT2D eigenvalue weighted by Gasteiger charge is 2.16. The fourth-order valence-corrected chi connectivity index (χ4v) is 2.37. The Bertz CT molecular complexity index is 760. The first-order valence-corrected chi connectivity index (χ1v) is 7.56. The number of rotatable bonds is 6. The van der Waals surface area contributed by atoms with Crippen LogP contribution in [0.15, 0.2) is 24.4 Å². The molecule has 0 radical (unpaired) electrons. The first-order chi connectivity index (χ1) is 11.5. The molecular formula is C15H19N5O3S. The molecule has 24 heavy (non-hydrogen) atoms. The highest BCUT2D eigenvalue weighted by Crippen LogP contribution is 2.29. The van der Waals surface area contributed by atoms with E-state index in [1.54, 1.807) is 32.4 Å². The van der Waals surface area contributed by atoms with Gasteiger partial charge in [0.05, 0.1) is 31.8 Å². The fraction of sp³-hybridized carbons (Fsp3) is 0.267. The second-order valence-electron chi connectivity index (χ2n) is 4.73. The zero-order valence-corrected chi connectivity index (χ0v) is 14.4. The number of thiocarbonyl (C=S) groups is 1. The maximum Gasteiger partial charge on any atom is 0.269 e. The quantitative estimate of drug-likeness (QED) is 0.684. The number of primary amides is 1. The summed E-state index contributed by atoms with van der Waals surface area (Å²) in [5.41, 5.74) is 6.76. The minimum atomic E-state index is -0.582. The van der Waals surface area contributed by atoms with Crippen molar-refractivity contribution in [1.82, 2.24) is 9.78 Å². The summed E-state index contributed by atoms with van der Waals surface area (Å²) in [6, 6.07) is 5.28. The number of nitrogens with zero attached hydrogens (tertiary/aromatic N) is 2. The molecule has 1 aromatic heterocycles. The van der Waals surface area contributed by atoms with E-state index >= 15 is 0 Å². The van der Waals surface area contributed by atoms with Gasteiger partial charge in [-0.15, -0.1) is 0 Å². The van der Waals surface area contributed by atoms with Crippen LogP contribution in [0.4, 0.5) is 11.4 Å². The molecule has 0 spiro atoms. The van der Waals surface area contributed by atoms with Crippen LogP contribution in [-0.4, -0.2) is 35.0 Å². The minimum absolute atomic E-state index is 0.267. The van der Waals surface area contributed by atoms with Crippen molar-refractivity contribution in [2.75, 3.05) is 24.9 Å². The second-order valence-corrected chi connectivity index (χ2v) is 5.14. The van der Waals surface area contributed by atoms with Crippen LogP contribution in [0.5, 0.6) is 11.5 Å². The second kappa shape index (κ2) is 7.64. The molecule has 2 rings (SSSR count). The zero-order valence-electron chi connectivity index (χ0n) is 13.6. The molecule has 0 saturated heterocycles. The lowest BCUT2D eigenvalue weighted by Gasteiger charge is -2.14. The number of benzene rings is 1. The van der Waals surface area contributed by atoms with Crippen molar-refractivity contribution in [3.8, 4) is 11.5 Å². The number of aryl methyl sites for hydroxylation is 1. The SMILES string of the molecule is CCn1ncc(NC(=S)Nc2ccc(OC)cc2OC)c1C(N)=O. The van der Waals surface area contributed by atoms with Crippen LogP contribution >= 0.6 is 12.2 Å². The summed E-state index contributed by atoms with van der Waals surface area (Å²) in [5, 5.41) is 10.3. The number of hydrogen-bond donors (Lipinski definition) is 3. The van der Waals surface area contributed by atoms with Gasteiger partial charge in [-0.3, -0.25) is 9.48 Å². The molecule has 0 atom stereocenters. The summed E-state index contributed by atoms with van der Waals surface area (Å²) in [6.45, 7) is 2.38. The van der Waals surface area contributed by atoms with Crippen molar-refractivity contribution >= 4 is 34.6 Å². The molecule has 8 nitrogen and oxygen atoms in total. The van der Waals surface area contributed by atoms with Crippen LogP contribution in [0.2, 0.25) is 0 Å². The number of nitrogens with one attached hydrogen (secondary N) is 2. The van der Waals surface area contributed by atoms with E-state index in [4.69, 9.17) is 27.4 Å². The molecule has 0 unspecified atom stereocenters. The van der Waals surface area contributed by atoms with Crippen LogP contribution in [0.25, 0.3) is 0 Å². The fourth-order valence-electron chi connectivity index (χ4n) is 2.15. The smallest absolute Gasteiger partial charge is 0.269 e. The van der Waals surface area contributed by atoms with Crippen molar-refractivity contribution in [3.05, 3.63) is 30.1 Å². The maximum absolute atomic E-state index is 11.6. The third kappa shape index (κ3) is 3.74. The summed E-state index contributed by atoms with van der Waals surface area (Å²) in [6.07, 6.45) is 1.50. The van der Waals surface area contributed by atoms with Gasteiger partial charge in [-0.1, -0.05) is 0 Å². The number of aromatic nitrogens is 2. The molecule has 0 aliphatic rings. The molecule has 4 N–H and O–H groups in total. The van der Waals surface area contributed by atoms with Crippen molar-refractivity contribution < 1.29 is 14.3 Å². The summed E-state index contributed by atoms with van der Waals surface area (Å²) in [4.78, 5) is 11.6. The lowest BCUT2D eigenvalue weighted by molar-refractivity contribution is 0.0991. The van der Waals surface area contributed by atoms with E-state index in [0.29, 0.717) is 29.4 Å². The van der Waals surface area contributed by atoms with Crippen LogP contribution in [-0.2, 0) is 6.54 Å². The maximum atomic E-state index is 11.6. The number of amides is 1. The molecule has 1 heterocycles. The average molecular weight is 349 g/mol. The van der Waals surface area contributed by atoms with Gasteiger partial charge in [0.2, 0.25) is 0 Å². The van der Waals surface area contributed by atoms with Gasteiger partial charge in [0, 0.05) is 12.6 Å². The molecule has 9 heteroatoms. The first kappa shape index (κ1) is 17.5. The van der Waals surface area contributed by atoms with Gasteiger partial charge in [-0.2, -0.15) is 5.10 Å². The lowest BCUT2D eigenvalue weighted by atomic mass is 10.2. The normalized spacial score (nSPS) is 10.1. The number of hydrogen-bond acceptors (Lipinski definition) is 5. The zero-order chi connectivity index (χ0) is 17.7. The van der Waals surface area contributed by atoms with E-state index in [0.717, 1.165) is 0 Å². The highest BCUT2D eigenvalue weighted by atomic mass is 32.1. The predicted molar refractivity (Wildman–Crippen MR) is 95.8 cm³/mol. The third-order valence-corrected chi connectivity index (χ3v) is 3.48. The van der Waals surface area contributed by atoms with Gasteiger partial charge in [-0.05, 0) is 31.3 Å². The number of anilines is 2. The highest BCUT2D eigenvalue weighted by molar-refractivity contribution is 7.80. The molecule has 0 aliphatic heterocycles. The Morgan fingerprint density at radius 2 is 2.00 bits per heavy atom. The molecule has 1 aromatic carbocycles. The van der Waals surface area contributed by atoms with Crippen LogP contribution in [0.3, 0.4) is 0 Å². The van der Waals surface area contributed by atoms with Crippen molar-refractivity contribution in [1.29, 1.82) is 0 Å². The Labute approximate surface area is 144 Å². The van der Waals surface area contributed by atoms with Crippen LogP contribution in [0.1, 0.15) is 17.4 Å². The number of methoxy groups -OCH3 is 2. The number of ether oxygens (including phenoxy) is 2. The van der Waals surface area contributed by atoms with Gasteiger partial charge in [0.15, 0.2) is 5.11 Å². The molecule has 0 fully saturated rings. The van der Waals surface area contributed by atoms with E-state index in [2.05, 4.69) is 15.7 Å². The molecule has 0 bridgehead atoms. The Morgan fingerprint density at radius 1 is 1.29 bits per heavy atom. The van der Waals surface area contributed by atoms with E-state index in [1.165, 1.54) is 10.9 Å². The van der Waals surface area contributed by atoms with Crippen LogP contribution < -0.4 is 25.8 Å². The van der Waals surface area contributed by atoms with Gasteiger partial charge in [-0.25, -0.2) is 0 Å². The standard InChI is InChI=1S/C15H19N5O3S/c1-4-20-13(14(16)21)11(8-17-20)19-15(24)18-10-6-5-9(22-2)7-12(10)23-3/h5-8H,4H2,1-3H3,(H2,16,21)(H2,18,19,24). The third-order valence-electron chi connectivity index (χ3n) is 3.28. The largest absolute Gasteiger partial charge is 0.497 e. The van der Waals surface area contributed by atoms with Crippen molar-refractivity contribution in [2.24, 2.45) is 5.73 Å². The van der Waals surface area contributed by atoms with Gasteiger partial charge < -0.3 is 25.8 Å². The molecule has 2 aromatic rings. The van der Waals surface area contributed by atoms with E-state index < -0.39 is 5.91 Å². The van der Waals surface area contributed by atoms with Crippen LogP contribution in [0, 0.1) is 0 Å². The Balaban J connectivity index is 2.17. The molecule has 1 amide bonds. The van der Waals surface area contributed by atoms with E-state index in [9.17, 15) is 4.79 Å². The molecule has 128 valence electrons. The monoisotopic (exact) mass is 349 g/mol. The Kier molecular flexibility index (Phi) is 5.59. The summed E-state index contributed by atoms with van der Waals surface area (Å²) < 4.78 is 12.0. The predicted octanol–water partition coefficient (Wildman–Crippen LogP) is 1.83. The first-order valence-electron chi connectivity index (χ1n) is 7.15. The number of nitrogens with two attached hydrogens (primary N) is 1. The minimum Gasteiger partial charge on any atom is -0.497 e. The summed E-state index contributed by atoms with van der Waals surface area (Å²) in [7, 11) is 3.12. The van der Waals surface area contributed by atoms with Gasteiger partial charge in [0.25, 0.3) is 5.91 Å². The Hall–Kier alpha value is -2.81. The van der Waals surface area contributed by atoms with Crippen molar-refractivity contribution in [2.45, 2.75) is 13.5 Å². The topological polar surface area (TPSA) is 103 Å². The Morgan fingerprint density at radius 3 is 2.58 bits per heavy atom. The van der Waals surface area contributed by atoms with E-state index in [1.807, 2.05) is 6.92 Å². The van der Waals surface area contributed by atoms with E-state index in [-0.39, 0.29) is 10.8 Å². The average Bonchev–Trinajstić information content (AvgIpc) is 2.97. The number of carbonyl (C=O) groups is 1. The number of carbonyl (C=O) groups excluding carboxylic acids is 1.